The first-order valence-corrected chi connectivity index (χ1v) is 6.02. The molecule has 0 aliphatic carbocycles. The van der Waals surface area contributed by atoms with Crippen LogP contribution in [-0.4, -0.2) is 48.2 Å². The summed E-state index contributed by atoms with van der Waals surface area (Å²) in [5.74, 6) is 0. The van der Waals surface area contributed by atoms with Gasteiger partial charge in [-0.05, 0) is 5.56 Å². The zero-order valence-electron chi connectivity index (χ0n) is 9.71. The number of ether oxygens (including phenoxy) is 1. The molecule has 0 spiro atoms. The molecule has 3 rings (SSSR count). The molecule has 4 nitrogen and oxygen atoms in total. The van der Waals surface area contributed by atoms with Gasteiger partial charge in [-0.15, -0.1) is 0 Å². The monoisotopic (exact) mass is 232 g/mol. The van der Waals surface area contributed by atoms with Crippen molar-refractivity contribution in [2.24, 2.45) is 0 Å². The van der Waals surface area contributed by atoms with Gasteiger partial charge >= 0.3 is 6.03 Å². The first-order chi connectivity index (χ1) is 8.34. The number of hydrogen-bond donors (Lipinski definition) is 0. The van der Waals surface area contributed by atoms with Gasteiger partial charge in [0.1, 0.15) is 0 Å². The summed E-state index contributed by atoms with van der Waals surface area (Å²) in [5, 5.41) is 0. The van der Waals surface area contributed by atoms with Gasteiger partial charge in [-0.2, -0.15) is 0 Å². The number of morpholine rings is 1. The predicted octanol–water partition coefficient (Wildman–Crippen LogP) is 1.32. The van der Waals surface area contributed by atoms with Crippen molar-refractivity contribution in [2.75, 3.05) is 26.3 Å². The van der Waals surface area contributed by atoms with Gasteiger partial charge in [-0.1, -0.05) is 30.3 Å². The molecule has 0 bridgehead atoms. The summed E-state index contributed by atoms with van der Waals surface area (Å²) in [7, 11) is 0. The van der Waals surface area contributed by atoms with Gasteiger partial charge in [-0.3, -0.25) is 0 Å². The fourth-order valence-electron chi connectivity index (χ4n) is 2.51. The fourth-order valence-corrected chi connectivity index (χ4v) is 2.51. The van der Waals surface area contributed by atoms with E-state index in [4.69, 9.17) is 4.74 Å². The van der Waals surface area contributed by atoms with Crippen LogP contribution in [0.15, 0.2) is 30.3 Å². The van der Waals surface area contributed by atoms with Crippen molar-refractivity contribution in [3.8, 4) is 0 Å². The molecule has 0 N–H and O–H groups in total. The van der Waals surface area contributed by atoms with Gasteiger partial charge < -0.3 is 14.5 Å². The van der Waals surface area contributed by atoms with Gasteiger partial charge in [0.25, 0.3) is 0 Å². The highest BCUT2D eigenvalue weighted by Gasteiger charge is 2.38. The van der Waals surface area contributed by atoms with Crippen LogP contribution >= 0.6 is 0 Å². The third-order valence-electron chi connectivity index (χ3n) is 3.39. The summed E-state index contributed by atoms with van der Waals surface area (Å²) in [6.45, 7) is 3.56. The van der Waals surface area contributed by atoms with Crippen molar-refractivity contribution in [3.63, 3.8) is 0 Å². The van der Waals surface area contributed by atoms with E-state index >= 15 is 0 Å². The summed E-state index contributed by atoms with van der Waals surface area (Å²) in [6, 6.07) is 10.5. The van der Waals surface area contributed by atoms with Crippen molar-refractivity contribution in [1.29, 1.82) is 0 Å². The molecule has 1 aromatic rings. The minimum Gasteiger partial charge on any atom is -0.377 e. The number of carbonyl (C=O) groups excluding carboxylic acids is 1. The maximum Gasteiger partial charge on any atom is 0.320 e. The Morgan fingerprint density at radius 2 is 2.12 bits per heavy atom. The third kappa shape index (κ3) is 2.00. The largest absolute Gasteiger partial charge is 0.377 e. The minimum atomic E-state index is 0.155. The Hall–Kier alpha value is -1.55. The van der Waals surface area contributed by atoms with Gasteiger partial charge in [0.05, 0.1) is 19.3 Å². The van der Waals surface area contributed by atoms with E-state index in [2.05, 4.69) is 12.1 Å². The lowest BCUT2D eigenvalue weighted by Gasteiger charge is -2.27. The molecule has 2 fully saturated rings. The van der Waals surface area contributed by atoms with Gasteiger partial charge in [0, 0.05) is 19.6 Å². The van der Waals surface area contributed by atoms with Crippen LogP contribution in [0.3, 0.4) is 0 Å². The normalized spacial score (nSPS) is 24.0. The second-order valence-electron chi connectivity index (χ2n) is 4.57. The second kappa shape index (κ2) is 4.37. The van der Waals surface area contributed by atoms with E-state index < -0.39 is 0 Å². The summed E-state index contributed by atoms with van der Waals surface area (Å²) >= 11 is 0. The van der Waals surface area contributed by atoms with E-state index in [1.165, 1.54) is 5.56 Å². The van der Waals surface area contributed by atoms with Crippen LogP contribution in [0.4, 0.5) is 4.79 Å². The molecular formula is C13H16N2O2. The average Bonchev–Trinajstić information content (AvgIpc) is 2.68. The Labute approximate surface area is 101 Å². The van der Waals surface area contributed by atoms with Crippen molar-refractivity contribution >= 4 is 6.03 Å². The van der Waals surface area contributed by atoms with E-state index in [1.54, 1.807) is 0 Å². The van der Waals surface area contributed by atoms with Crippen LogP contribution in [0.2, 0.25) is 0 Å². The van der Waals surface area contributed by atoms with Crippen molar-refractivity contribution in [3.05, 3.63) is 35.9 Å². The highest BCUT2D eigenvalue weighted by molar-refractivity contribution is 5.77. The summed E-state index contributed by atoms with van der Waals surface area (Å²) in [6.07, 6.45) is 0. The molecule has 0 unspecified atom stereocenters. The fraction of sp³-hybridized carbons (Fsp3) is 0.462. The van der Waals surface area contributed by atoms with E-state index in [9.17, 15) is 4.79 Å². The van der Waals surface area contributed by atoms with Crippen molar-refractivity contribution < 1.29 is 9.53 Å². The highest BCUT2D eigenvalue weighted by atomic mass is 16.5. The molecule has 0 radical (unpaired) electrons. The Kier molecular flexibility index (Phi) is 2.73. The molecule has 2 heterocycles. The van der Waals surface area contributed by atoms with E-state index in [-0.39, 0.29) is 12.1 Å². The second-order valence-corrected chi connectivity index (χ2v) is 4.57. The minimum absolute atomic E-state index is 0.155. The maximum absolute atomic E-state index is 12.1. The van der Waals surface area contributed by atoms with Crippen molar-refractivity contribution in [1.82, 2.24) is 9.80 Å². The first kappa shape index (κ1) is 10.6. The number of amides is 2. The number of carbonyl (C=O) groups is 1. The lowest BCUT2D eigenvalue weighted by Crippen LogP contribution is -2.43. The molecule has 1 atom stereocenters. The van der Waals surface area contributed by atoms with Gasteiger partial charge in [0.2, 0.25) is 0 Å². The number of urea groups is 1. The summed E-state index contributed by atoms with van der Waals surface area (Å²) in [5.41, 5.74) is 1.18. The number of fused-ring (bicyclic) bond motifs is 1. The molecule has 1 aromatic carbocycles. The van der Waals surface area contributed by atoms with Crippen LogP contribution in [0.25, 0.3) is 0 Å². The third-order valence-corrected chi connectivity index (χ3v) is 3.39. The van der Waals surface area contributed by atoms with Crippen molar-refractivity contribution in [2.45, 2.75) is 12.6 Å². The SMILES string of the molecule is O=C1N(Cc2ccccc2)C[C@@H]2COCCN12. The smallest absolute Gasteiger partial charge is 0.320 e. The Balaban J connectivity index is 1.71. The van der Waals surface area contributed by atoms with E-state index in [0.717, 1.165) is 13.1 Å². The maximum atomic E-state index is 12.1. The molecule has 17 heavy (non-hydrogen) atoms. The number of benzene rings is 1. The Bertz CT molecular complexity index is 407. The molecular weight excluding hydrogens is 216 g/mol. The molecule has 90 valence electrons. The van der Waals surface area contributed by atoms with Crippen LogP contribution in [0.1, 0.15) is 5.56 Å². The zero-order chi connectivity index (χ0) is 11.7. The zero-order valence-corrected chi connectivity index (χ0v) is 9.71. The topological polar surface area (TPSA) is 32.8 Å². The molecule has 0 aromatic heterocycles. The van der Waals surface area contributed by atoms with Crippen LogP contribution in [-0.2, 0) is 11.3 Å². The number of hydrogen-bond acceptors (Lipinski definition) is 2. The standard InChI is InChI=1S/C13H16N2O2/c16-13-14(8-11-4-2-1-3-5-11)9-12-10-17-7-6-15(12)13/h1-5,12H,6-10H2/t12-/m1/s1. The predicted molar refractivity (Wildman–Crippen MR) is 63.6 cm³/mol. The lowest BCUT2D eigenvalue weighted by atomic mass is 10.2. The Morgan fingerprint density at radius 1 is 1.29 bits per heavy atom. The molecule has 2 amide bonds. The lowest BCUT2D eigenvalue weighted by molar-refractivity contribution is 0.0299. The number of rotatable bonds is 2. The molecule has 4 heteroatoms. The number of nitrogens with zero attached hydrogens (tertiary/aromatic N) is 2. The van der Waals surface area contributed by atoms with Crippen LogP contribution in [0, 0.1) is 0 Å². The summed E-state index contributed by atoms with van der Waals surface area (Å²) in [4.78, 5) is 16.0. The van der Waals surface area contributed by atoms with Gasteiger partial charge in [0.15, 0.2) is 0 Å². The molecule has 2 saturated heterocycles. The van der Waals surface area contributed by atoms with E-state index in [0.29, 0.717) is 19.8 Å². The van der Waals surface area contributed by atoms with Crippen LogP contribution < -0.4 is 0 Å². The van der Waals surface area contributed by atoms with E-state index in [1.807, 2.05) is 28.0 Å². The highest BCUT2D eigenvalue weighted by Crippen LogP contribution is 2.21. The molecule has 2 aliphatic heterocycles. The molecule has 0 saturated carbocycles. The average molecular weight is 232 g/mol. The summed E-state index contributed by atoms with van der Waals surface area (Å²) < 4.78 is 5.41. The Morgan fingerprint density at radius 3 is 2.88 bits per heavy atom. The quantitative estimate of drug-likeness (QED) is 0.770. The van der Waals surface area contributed by atoms with Gasteiger partial charge in [-0.25, -0.2) is 4.79 Å². The molecule has 2 aliphatic rings. The first-order valence-electron chi connectivity index (χ1n) is 6.02. The van der Waals surface area contributed by atoms with Crippen LogP contribution in [0.5, 0.6) is 0 Å².